The number of carbonyl (C=O) groups excluding carboxylic acids is 1. The molecule has 0 amide bonds. The van der Waals surface area contributed by atoms with Crippen LogP contribution in [-0.2, 0) is 6.42 Å². The Bertz CT molecular complexity index is 688. The van der Waals surface area contributed by atoms with Crippen LogP contribution in [0.2, 0.25) is 0 Å². The van der Waals surface area contributed by atoms with E-state index in [0.29, 0.717) is 23.4 Å². The quantitative estimate of drug-likeness (QED) is 0.488. The van der Waals surface area contributed by atoms with Crippen LogP contribution in [0.15, 0.2) is 65.3 Å². The number of aromatic hydroxyl groups is 1. The molecule has 0 aliphatic carbocycles. The number of phenolic OH excluding ortho intramolecular Hbond substituents is 1. The molecule has 0 aliphatic heterocycles. The molecule has 2 aromatic carbocycles. The molecule has 0 radical (unpaired) electrons. The number of nitrogens with zero attached hydrogens (tertiary/aromatic N) is 2. The van der Waals surface area contributed by atoms with Crippen molar-refractivity contribution < 1.29 is 9.90 Å². The van der Waals surface area contributed by atoms with Gasteiger partial charge in [-0.1, -0.05) is 6.08 Å². The molecule has 0 aliphatic rings. The Hall–Kier alpha value is -2.75. The fourth-order valence-electron chi connectivity index (χ4n) is 1.83. The summed E-state index contributed by atoms with van der Waals surface area (Å²) in [6.45, 7) is 5.17. The molecule has 0 aromatic heterocycles. The number of ketones is 1. The molecule has 2 aromatic rings. The van der Waals surface area contributed by atoms with Crippen molar-refractivity contribution in [2.24, 2.45) is 10.2 Å². The summed E-state index contributed by atoms with van der Waals surface area (Å²) in [6, 6.07) is 12.0. The van der Waals surface area contributed by atoms with Gasteiger partial charge >= 0.3 is 0 Å². The van der Waals surface area contributed by atoms with E-state index >= 15 is 0 Å². The predicted molar refractivity (Wildman–Crippen MR) is 82.6 cm³/mol. The molecule has 0 bridgehead atoms. The van der Waals surface area contributed by atoms with Crippen molar-refractivity contribution in [1.82, 2.24) is 0 Å². The fourth-order valence-corrected chi connectivity index (χ4v) is 1.83. The molecule has 106 valence electrons. The maximum absolute atomic E-state index is 11.2. The summed E-state index contributed by atoms with van der Waals surface area (Å²) in [5.41, 5.74) is 2.72. The first kappa shape index (κ1) is 14.7. The number of hydrogen-bond acceptors (Lipinski definition) is 4. The van der Waals surface area contributed by atoms with Crippen molar-refractivity contribution in [1.29, 1.82) is 0 Å². The summed E-state index contributed by atoms with van der Waals surface area (Å²) < 4.78 is 0. The zero-order valence-corrected chi connectivity index (χ0v) is 11.8. The Kier molecular flexibility index (Phi) is 4.61. The number of hydrogen-bond donors (Lipinski definition) is 1. The number of rotatable bonds is 5. The molecule has 1 N–H and O–H groups in total. The van der Waals surface area contributed by atoms with Crippen molar-refractivity contribution in [3.63, 3.8) is 0 Å². The van der Waals surface area contributed by atoms with Crippen LogP contribution in [0, 0.1) is 0 Å². The molecule has 4 nitrogen and oxygen atoms in total. The first-order chi connectivity index (χ1) is 10.1. The number of carbonyl (C=O) groups is 1. The molecule has 0 spiro atoms. The van der Waals surface area contributed by atoms with Crippen LogP contribution in [0.3, 0.4) is 0 Å². The second-order valence-corrected chi connectivity index (χ2v) is 4.61. The van der Waals surface area contributed by atoms with Crippen molar-refractivity contribution in [2.75, 3.05) is 0 Å². The van der Waals surface area contributed by atoms with Gasteiger partial charge < -0.3 is 5.11 Å². The van der Waals surface area contributed by atoms with E-state index < -0.39 is 0 Å². The van der Waals surface area contributed by atoms with E-state index in [4.69, 9.17) is 0 Å². The van der Waals surface area contributed by atoms with Crippen molar-refractivity contribution in [2.45, 2.75) is 13.3 Å². The predicted octanol–water partition coefficient (Wildman–Crippen LogP) is 4.74. The third kappa shape index (κ3) is 3.86. The third-order valence-corrected chi connectivity index (χ3v) is 2.98. The summed E-state index contributed by atoms with van der Waals surface area (Å²) in [5, 5.41) is 17.9. The third-order valence-electron chi connectivity index (χ3n) is 2.98. The number of phenols is 1. The van der Waals surface area contributed by atoms with Gasteiger partial charge in [0.2, 0.25) is 0 Å². The van der Waals surface area contributed by atoms with Gasteiger partial charge in [-0.2, -0.15) is 10.2 Å². The Balaban J connectivity index is 2.18. The van der Waals surface area contributed by atoms with Crippen LogP contribution >= 0.6 is 0 Å². The van der Waals surface area contributed by atoms with Gasteiger partial charge in [-0.15, -0.1) is 6.58 Å². The summed E-state index contributed by atoms with van der Waals surface area (Å²) in [5.74, 6) is 0.241. The minimum Gasteiger partial charge on any atom is -0.508 e. The highest BCUT2D eigenvalue weighted by atomic mass is 16.3. The lowest BCUT2D eigenvalue weighted by Gasteiger charge is -2.02. The van der Waals surface area contributed by atoms with E-state index in [-0.39, 0.29) is 11.5 Å². The van der Waals surface area contributed by atoms with Gasteiger partial charge in [0.05, 0.1) is 11.4 Å². The van der Waals surface area contributed by atoms with Crippen LogP contribution in [0.25, 0.3) is 0 Å². The zero-order valence-electron chi connectivity index (χ0n) is 11.8. The molecule has 2 rings (SSSR count). The molecule has 4 heteroatoms. The fraction of sp³-hybridized carbons (Fsp3) is 0.118. The van der Waals surface area contributed by atoms with Crippen molar-refractivity contribution >= 4 is 17.2 Å². The Morgan fingerprint density at radius 2 is 1.76 bits per heavy atom. The second kappa shape index (κ2) is 6.61. The molecule has 0 unspecified atom stereocenters. The van der Waals surface area contributed by atoms with Gasteiger partial charge in [-0.25, -0.2) is 0 Å². The van der Waals surface area contributed by atoms with E-state index in [1.54, 1.807) is 48.5 Å². The molecule has 0 fully saturated rings. The summed E-state index contributed by atoms with van der Waals surface area (Å²) in [6.07, 6.45) is 2.29. The van der Waals surface area contributed by atoms with E-state index in [1.165, 1.54) is 6.92 Å². The maximum Gasteiger partial charge on any atom is 0.159 e. The van der Waals surface area contributed by atoms with Crippen LogP contribution in [0.5, 0.6) is 5.75 Å². The lowest BCUT2D eigenvalue weighted by atomic mass is 10.1. The topological polar surface area (TPSA) is 62.0 Å². The molecule has 0 atom stereocenters. The van der Waals surface area contributed by atoms with E-state index in [9.17, 15) is 9.90 Å². The number of benzene rings is 2. The first-order valence-corrected chi connectivity index (χ1v) is 6.55. The van der Waals surface area contributed by atoms with Gasteiger partial charge in [0.1, 0.15) is 5.75 Å². The number of Topliss-reactive ketones (excluding diaryl/α,β-unsaturated/α-hetero) is 1. The van der Waals surface area contributed by atoms with Gasteiger partial charge in [0, 0.05) is 5.56 Å². The molecule has 0 saturated heterocycles. The highest BCUT2D eigenvalue weighted by Gasteiger charge is 2.01. The monoisotopic (exact) mass is 280 g/mol. The zero-order chi connectivity index (χ0) is 15.2. The Morgan fingerprint density at radius 3 is 2.38 bits per heavy atom. The minimum absolute atomic E-state index is 0.0195. The lowest BCUT2D eigenvalue weighted by Crippen LogP contribution is -1.89. The standard InChI is InChI=1S/C17H16N2O2/c1-3-4-14-11-16(9-10-17(14)21)19-18-15-7-5-13(6-8-15)12(2)20/h3,5-11,21H,1,4H2,2H3. The first-order valence-electron chi connectivity index (χ1n) is 6.55. The van der Waals surface area contributed by atoms with Crippen LogP contribution in [0.4, 0.5) is 11.4 Å². The molecule has 0 saturated carbocycles. The Morgan fingerprint density at radius 1 is 1.14 bits per heavy atom. The number of allylic oxidation sites excluding steroid dienone is 1. The van der Waals surface area contributed by atoms with Crippen LogP contribution in [-0.4, -0.2) is 10.9 Å². The number of azo groups is 1. The SMILES string of the molecule is C=CCc1cc(N=Nc2ccc(C(C)=O)cc2)ccc1O. The van der Waals surface area contributed by atoms with E-state index in [1.807, 2.05) is 0 Å². The van der Waals surface area contributed by atoms with Crippen LogP contribution in [0.1, 0.15) is 22.8 Å². The molecular formula is C17H16N2O2. The summed E-state index contributed by atoms with van der Waals surface area (Å²) in [4.78, 5) is 11.2. The van der Waals surface area contributed by atoms with Gasteiger partial charge in [0.25, 0.3) is 0 Å². The average molecular weight is 280 g/mol. The molecular weight excluding hydrogens is 264 g/mol. The minimum atomic E-state index is 0.0195. The summed E-state index contributed by atoms with van der Waals surface area (Å²) >= 11 is 0. The highest BCUT2D eigenvalue weighted by molar-refractivity contribution is 5.94. The normalized spacial score (nSPS) is 10.7. The van der Waals surface area contributed by atoms with Gasteiger partial charge in [-0.3, -0.25) is 4.79 Å². The average Bonchev–Trinajstić information content (AvgIpc) is 2.48. The largest absolute Gasteiger partial charge is 0.508 e. The summed E-state index contributed by atoms with van der Waals surface area (Å²) in [7, 11) is 0. The molecule has 0 heterocycles. The molecule has 21 heavy (non-hydrogen) atoms. The maximum atomic E-state index is 11.2. The van der Waals surface area contributed by atoms with E-state index in [0.717, 1.165) is 5.56 Å². The van der Waals surface area contributed by atoms with Crippen molar-refractivity contribution in [3.8, 4) is 5.75 Å². The second-order valence-electron chi connectivity index (χ2n) is 4.61. The lowest BCUT2D eigenvalue weighted by molar-refractivity contribution is 0.101. The highest BCUT2D eigenvalue weighted by Crippen LogP contribution is 2.25. The van der Waals surface area contributed by atoms with E-state index in [2.05, 4.69) is 16.8 Å². The van der Waals surface area contributed by atoms with Gasteiger partial charge in [0.15, 0.2) is 5.78 Å². The smallest absolute Gasteiger partial charge is 0.159 e. The Labute approximate surface area is 123 Å². The van der Waals surface area contributed by atoms with Crippen molar-refractivity contribution in [3.05, 3.63) is 66.2 Å². The van der Waals surface area contributed by atoms with Crippen LogP contribution < -0.4 is 0 Å². The van der Waals surface area contributed by atoms with Gasteiger partial charge in [-0.05, 0) is 61.4 Å².